The Morgan fingerprint density at radius 2 is 1.94 bits per heavy atom. The Morgan fingerprint density at radius 1 is 1.19 bits per heavy atom. The number of rotatable bonds is 2. The van der Waals surface area contributed by atoms with E-state index in [1.54, 1.807) is 0 Å². The zero-order valence-electron chi connectivity index (χ0n) is 9.86. The van der Waals surface area contributed by atoms with Gasteiger partial charge in [-0.25, -0.2) is 4.68 Å². The molecule has 0 saturated carbocycles. The van der Waals surface area contributed by atoms with Crippen molar-refractivity contribution in [1.29, 1.82) is 0 Å². The summed E-state index contributed by atoms with van der Waals surface area (Å²) in [6.07, 6.45) is 1.87. The van der Waals surface area contributed by atoms with Crippen molar-refractivity contribution in [3.05, 3.63) is 46.8 Å². The van der Waals surface area contributed by atoms with Crippen molar-refractivity contribution >= 4 is 0 Å². The molecular formula is C13H16N2O. The van der Waals surface area contributed by atoms with Crippen LogP contribution in [0, 0.1) is 20.8 Å². The van der Waals surface area contributed by atoms with Crippen LogP contribution in [0.3, 0.4) is 0 Å². The first-order valence-electron chi connectivity index (χ1n) is 5.35. The highest BCUT2D eigenvalue weighted by atomic mass is 16.3. The highest BCUT2D eigenvalue weighted by Crippen LogP contribution is 2.15. The lowest BCUT2D eigenvalue weighted by Crippen LogP contribution is -1.96. The zero-order valence-corrected chi connectivity index (χ0v) is 9.86. The van der Waals surface area contributed by atoms with Gasteiger partial charge in [0, 0.05) is 11.8 Å². The molecule has 3 heteroatoms. The highest BCUT2D eigenvalue weighted by Gasteiger charge is 2.05. The van der Waals surface area contributed by atoms with Crippen LogP contribution >= 0.6 is 0 Å². The summed E-state index contributed by atoms with van der Waals surface area (Å²) in [5.74, 6) is 0. The maximum atomic E-state index is 9.12. The molecule has 1 N–H and O–H groups in total. The van der Waals surface area contributed by atoms with Gasteiger partial charge in [-0.1, -0.05) is 6.07 Å². The van der Waals surface area contributed by atoms with E-state index in [2.05, 4.69) is 31.1 Å². The van der Waals surface area contributed by atoms with E-state index >= 15 is 0 Å². The molecule has 0 aliphatic carbocycles. The standard InChI is InChI=1S/C13H16N2O/c1-9-4-5-13(6-10(9)2)15-7-12(8-16)11(3)14-15/h4-7,16H,8H2,1-3H3. The third kappa shape index (κ3) is 1.86. The van der Waals surface area contributed by atoms with Gasteiger partial charge in [0.1, 0.15) is 0 Å². The van der Waals surface area contributed by atoms with Crippen LogP contribution in [0.5, 0.6) is 0 Å². The Hall–Kier alpha value is -1.61. The Labute approximate surface area is 95.3 Å². The van der Waals surface area contributed by atoms with Crippen LogP contribution in [0.2, 0.25) is 0 Å². The number of aliphatic hydroxyl groups excluding tert-OH is 1. The number of aromatic nitrogens is 2. The predicted octanol–water partition coefficient (Wildman–Crippen LogP) is 2.29. The topological polar surface area (TPSA) is 38.0 Å². The number of nitrogens with zero attached hydrogens (tertiary/aromatic N) is 2. The van der Waals surface area contributed by atoms with Gasteiger partial charge in [0.05, 0.1) is 18.0 Å². The third-order valence-electron chi connectivity index (χ3n) is 2.93. The molecule has 2 rings (SSSR count). The number of hydrogen-bond donors (Lipinski definition) is 1. The van der Waals surface area contributed by atoms with Crippen LogP contribution in [0.1, 0.15) is 22.4 Å². The number of benzene rings is 1. The van der Waals surface area contributed by atoms with Crippen molar-refractivity contribution in [2.75, 3.05) is 0 Å². The quantitative estimate of drug-likeness (QED) is 0.836. The number of aryl methyl sites for hydroxylation is 3. The zero-order chi connectivity index (χ0) is 11.7. The van der Waals surface area contributed by atoms with E-state index in [0.29, 0.717) is 0 Å². The molecule has 1 heterocycles. The number of aliphatic hydroxyl groups is 1. The monoisotopic (exact) mass is 216 g/mol. The Bertz CT molecular complexity index is 515. The second-order valence-corrected chi connectivity index (χ2v) is 4.11. The Balaban J connectivity index is 2.46. The van der Waals surface area contributed by atoms with E-state index in [4.69, 9.17) is 5.11 Å². The number of hydrogen-bond acceptors (Lipinski definition) is 2. The summed E-state index contributed by atoms with van der Waals surface area (Å²) in [6.45, 7) is 6.12. The summed E-state index contributed by atoms with van der Waals surface area (Å²) in [7, 11) is 0. The lowest BCUT2D eigenvalue weighted by atomic mass is 10.1. The van der Waals surface area contributed by atoms with Crippen LogP contribution in [0.15, 0.2) is 24.4 Å². The molecular weight excluding hydrogens is 200 g/mol. The fourth-order valence-corrected chi connectivity index (χ4v) is 1.65. The van der Waals surface area contributed by atoms with Gasteiger partial charge in [-0.15, -0.1) is 0 Å². The van der Waals surface area contributed by atoms with E-state index < -0.39 is 0 Å². The first kappa shape index (κ1) is 10.9. The van der Waals surface area contributed by atoms with Crippen molar-refractivity contribution < 1.29 is 5.11 Å². The predicted molar refractivity (Wildman–Crippen MR) is 63.7 cm³/mol. The first-order valence-corrected chi connectivity index (χ1v) is 5.35. The molecule has 0 spiro atoms. The second-order valence-electron chi connectivity index (χ2n) is 4.11. The van der Waals surface area contributed by atoms with Gasteiger partial charge in [0.2, 0.25) is 0 Å². The van der Waals surface area contributed by atoms with Gasteiger partial charge in [-0.05, 0) is 44.0 Å². The Kier molecular flexibility index (Phi) is 2.79. The van der Waals surface area contributed by atoms with Gasteiger partial charge in [0.25, 0.3) is 0 Å². The molecule has 0 aliphatic heterocycles. The molecule has 84 valence electrons. The van der Waals surface area contributed by atoms with Gasteiger partial charge in [-0.3, -0.25) is 0 Å². The third-order valence-corrected chi connectivity index (χ3v) is 2.93. The lowest BCUT2D eigenvalue weighted by Gasteiger charge is -2.04. The minimum Gasteiger partial charge on any atom is -0.392 e. The SMILES string of the molecule is Cc1ccc(-n2cc(CO)c(C)n2)cc1C. The largest absolute Gasteiger partial charge is 0.392 e. The molecule has 0 amide bonds. The minimum absolute atomic E-state index is 0.0384. The fraction of sp³-hybridized carbons (Fsp3) is 0.308. The molecule has 0 radical (unpaired) electrons. The summed E-state index contributed by atoms with van der Waals surface area (Å²) in [6, 6.07) is 6.22. The maximum Gasteiger partial charge on any atom is 0.0715 e. The molecule has 3 nitrogen and oxygen atoms in total. The van der Waals surface area contributed by atoms with E-state index in [-0.39, 0.29) is 6.61 Å². The molecule has 0 unspecified atom stereocenters. The minimum atomic E-state index is 0.0384. The molecule has 1 aromatic carbocycles. The summed E-state index contributed by atoms with van der Waals surface area (Å²) in [5.41, 5.74) is 5.30. The molecule has 0 fully saturated rings. The normalized spacial score (nSPS) is 10.8. The second kappa shape index (κ2) is 4.10. The van der Waals surface area contributed by atoms with Crippen molar-refractivity contribution in [2.24, 2.45) is 0 Å². The van der Waals surface area contributed by atoms with Crippen LogP contribution in [0.25, 0.3) is 5.69 Å². The highest BCUT2D eigenvalue weighted by molar-refractivity contribution is 5.39. The van der Waals surface area contributed by atoms with E-state index in [9.17, 15) is 0 Å². The van der Waals surface area contributed by atoms with Gasteiger partial charge < -0.3 is 5.11 Å². The van der Waals surface area contributed by atoms with Gasteiger partial charge in [0.15, 0.2) is 0 Å². The summed E-state index contributed by atoms with van der Waals surface area (Å²) < 4.78 is 1.81. The molecule has 0 bridgehead atoms. The molecule has 0 aliphatic rings. The summed E-state index contributed by atoms with van der Waals surface area (Å²) >= 11 is 0. The van der Waals surface area contributed by atoms with Crippen LogP contribution in [0.4, 0.5) is 0 Å². The average Bonchev–Trinajstić information content (AvgIpc) is 2.64. The van der Waals surface area contributed by atoms with Crippen molar-refractivity contribution in [2.45, 2.75) is 27.4 Å². The summed E-state index contributed by atoms with van der Waals surface area (Å²) in [4.78, 5) is 0. The van der Waals surface area contributed by atoms with E-state index in [1.165, 1.54) is 11.1 Å². The van der Waals surface area contributed by atoms with Gasteiger partial charge >= 0.3 is 0 Å². The van der Waals surface area contributed by atoms with Crippen LogP contribution in [-0.4, -0.2) is 14.9 Å². The van der Waals surface area contributed by atoms with Gasteiger partial charge in [-0.2, -0.15) is 5.10 Å². The average molecular weight is 216 g/mol. The molecule has 2 aromatic rings. The van der Waals surface area contributed by atoms with E-state index in [0.717, 1.165) is 16.9 Å². The van der Waals surface area contributed by atoms with Crippen LogP contribution in [-0.2, 0) is 6.61 Å². The van der Waals surface area contributed by atoms with Crippen molar-refractivity contribution in [3.63, 3.8) is 0 Å². The fourth-order valence-electron chi connectivity index (χ4n) is 1.65. The molecule has 16 heavy (non-hydrogen) atoms. The smallest absolute Gasteiger partial charge is 0.0715 e. The lowest BCUT2D eigenvalue weighted by molar-refractivity contribution is 0.281. The van der Waals surface area contributed by atoms with Crippen molar-refractivity contribution in [1.82, 2.24) is 9.78 Å². The molecule has 0 atom stereocenters. The molecule has 1 aromatic heterocycles. The van der Waals surface area contributed by atoms with Crippen molar-refractivity contribution in [3.8, 4) is 5.69 Å². The maximum absolute atomic E-state index is 9.12. The summed E-state index contributed by atoms with van der Waals surface area (Å²) in [5, 5.41) is 13.5. The van der Waals surface area contributed by atoms with E-state index in [1.807, 2.05) is 23.9 Å². The molecule has 0 saturated heterocycles. The Morgan fingerprint density at radius 3 is 2.50 bits per heavy atom. The van der Waals surface area contributed by atoms with Crippen LogP contribution < -0.4 is 0 Å². The first-order chi connectivity index (χ1) is 7.61.